The van der Waals surface area contributed by atoms with Crippen molar-refractivity contribution in [1.82, 2.24) is 14.0 Å². The van der Waals surface area contributed by atoms with Gasteiger partial charge in [-0.05, 0) is 43.5 Å². The number of ether oxygens (including phenoxy) is 2. The van der Waals surface area contributed by atoms with Crippen molar-refractivity contribution in [2.24, 2.45) is 0 Å². The number of rotatable bonds is 7. The maximum absolute atomic E-state index is 13.6. The number of methoxy groups -OCH3 is 1. The number of hydrogen-bond acceptors (Lipinski definition) is 8. The molecule has 0 radical (unpaired) electrons. The fourth-order valence-electron chi connectivity index (χ4n) is 3.06. The number of amides is 1. The van der Waals surface area contributed by atoms with Gasteiger partial charge in [-0.2, -0.15) is 17.7 Å². The first-order valence-corrected chi connectivity index (χ1v) is 11.1. The van der Waals surface area contributed by atoms with Crippen molar-refractivity contribution in [3.63, 3.8) is 0 Å². The van der Waals surface area contributed by atoms with E-state index in [1.807, 2.05) is 4.72 Å². The van der Waals surface area contributed by atoms with Gasteiger partial charge in [-0.3, -0.25) is 4.79 Å². The Kier molecular flexibility index (Phi) is 7.26. The van der Waals surface area contributed by atoms with Crippen LogP contribution in [0.4, 0.5) is 16.1 Å². The van der Waals surface area contributed by atoms with E-state index in [-0.39, 0.29) is 43.3 Å². The number of benzene rings is 1. The molecule has 12 heteroatoms. The first-order valence-electron chi connectivity index (χ1n) is 9.61. The summed E-state index contributed by atoms with van der Waals surface area (Å²) >= 11 is 0. The molecule has 1 fully saturated rings. The van der Waals surface area contributed by atoms with Crippen LogP contribution >= 0.6 is 0 Å². The SMILES string of the molecule is COC[C@H]1CCN(S(=O)(=O)NC(=O)c2coc(Nc3cc(C)c(F)cc3C)n2)CCO1. The third kappa shape index (κ3) is 5.79. The van der Waals surface area contributed by atoms with Gasteiger partial charge >= 0.3 is 10.2 Å². The lowest BCUT2D eigenvalue weighted by Gasteiger charge is -2.19. The molecule has 170 valence electrons. The van der Waals surface area contributed by atoms with Gasteiger partial charge < -0.3 is 19.2 Å². The number of carbonyl (C=O) groups excluding carboxylic acids is 1. The molecule has 31 heavy (non-hydrogen) atoms. The molecule has 2 aromatic rings. The Hall–Kier alpha value is -2.54. The first kappa shape index (κ1) is 23.1. The standard InChI is InChI=1S/C19H25FN4O6S/c1-12-9-16(13(2)8-15(12)20)21-19-22-17(11-30-19)18(25)23-31(26,27)24-5-4-14(10-28-3)29-7-6-24/h8-9,11,14H,4-7,10H2,1-3H3,(H,21,22)(H,23,25)/t14-/m1/s1. The number of nitrogens with one attached hydrogen (secondary N) is 2. The highest BCUT2D eigenvalue weighted by molar-refractivity contribution is 7.87. The van der Waals surface area contributed by atoms with Crippen LogP contribution in [0, 0.1) is 19.7 Å². The Morgan fingerprint density at radius 2 is 2.10 bits per heavy atom. The highest BCUT2D eigenvalue weighted by Gasteiger charge is 2.29. The summed E-state index contributed by atoms with van der Waals surface area (Å²) < 4.78 is 57.7. The van der Waals surface area contributed by atoms with Crippen LogP contribution in [0.2, 0.25) is 0 Å². The molecule has 3 rings (SSSR count). The smallest absolute Gasteiger partial charge is 0.304 e. The molecule has 1 saturated heterocycles. The van der Waals surface area contributed by atoms with Crippen molar-refractivity contribution in [2.45, 2.75) is 26.4 Å². The molecule has 1 atom stereocenters. The van der Waals surface area contributed by atoms with Crippen molar-refractivity contribution >= 4 is 27.8 Å². The zero-order valence-electron chi connectivity index (χ0n) is 17.5. The number of carbonyl (C=O) groups is 1. The second kappa shape index (κ2) is 9.73. The average molecular weight is 456 g/mol. The number of hydrogen-bond donors (Lipinski definition) is 2. The van der Waals surface area contributed by atoms with Crippen molar-refractivity contribution in [3.05, 3.63) is 41.0 Å². The van der Waals surface area contributed by atoms with E-state index in [9.17, 15) is 17.6 Å². The van der Waals surface area contributed by atoms with Gasteiger partial charge in [0.05, 0.1) is 19.3 Å². The maximum Gasteiger partial charge on any atom is 0.304 e. The minimum absolute atomic E-state index is 0.0257. The lowest BCUT2D eigenvalue weighted by Crippen LogP contribution is -2.44. The molecule has 0 spiro atoms. The van der Waals surface area contributed by atoms with Crippen LogP contribution in [0.3, 0.4) is 0 Å². The van der Waals surface area contributed by atoms with Crippen molar-refractivity contribution in [2.75, 3.05) is 38.7 Å². The van der Waals surface area contributed by atoms with Gasteiger partial charge in [-0.1, -0.05) is 0 Å². The minimum Gasteiger partial charge on any atom is -0.431 e. The monoisotopic (exact) mass is 456 g/mol. The Morgan fingerprint density at radius 1 is 1.32 bits per heavy atom. The van der Waals surface area contributed by atoms with Crippen molar-refractivity contribution in [3.8, 4) is 0 Å². The predicted molar refractivity (Wildman–Crippen MR) is 110 cm³/mol. The number of oxazole rings is 1. The second-order valence-corrected chi connectivity index (χ2v) is 8.82. The highest BCUT2D eigenvalue weighted by Crippen LogP contribution is 2.23. The Labute approximate surface area is 179 Å². The van der Waals surface area contributed by atoms with E-state index in [4.69, 9.17) is 13.9 Å². The van der Waals surface area contributed by atoms with Gasteiger partial charge in [0.1, 0.15) is 12.1 Å². The quantitative estimate of drug-likeness (QED) is 0.648. The van der Waals surface area contributed by atoms with Gasteiger partial charge in [0.2, 0.25) is 0 Å². The number of aryl methyl sites for hydroxylation is 2. The molecular weight excluding hydrogens is 431 g/mol. The minimum atomic E-state index is -4.09. The van der Waals surface area contributed by atoms with Crippen molar-refractivity contribution in [1.29, 1.82) is 0 Å². The Morgan fingerprint density at radius 3 is 2.84 bits per heavy atom. The van der Waals surface area contributed by atoms with E-state index in [1.165, 1.54) is 6.07 Å². The summed E-state index contributed by atoms with van der Waals surface area (Å²) in [4.78, 5) is 16.4. The third-order valence-corrected chi connectivity index (χ3v) is 6.28. The third-order valence-electron chi connectivity index (χ3n) is 4.79. The second-order valence-electron chi connectivity index (χ2n) is 7.15. The summed E-state index contributed by atoms with van der Waals surface area (Å²) in [6.07, 6.45) is 1.28. The van der Waals surface area contributed by atoms with Gasteiger partial charge in [0.25, 0.3) is 11.9 Å². The summed E-state index contributed by atoms with van der Waals surface area (Å²) in [7, 11) is -2.55. The topological polar surface area (TPSA) is 123 Å². The molecule has 0 unspecified atom stereocenters. The van der Waals surface area contributed by atoms with Crippen LogP contribution in [0.15, 0.2) is 22.8 Å². The van der Waals surface area contributed by atoms with Crippen LogP contribution < -0.4 is 10.0 Å². The maximum atomic E-state index is 13.6. The molecule has 1 aliphatic heterocycles. The number of nitrogens with zero attached hydrogens (tertiary/aromatic N) is 2. The summed E-state index contributed by atoms with van der Waals surface area (Å²) in [6, 6.07) is 2.92. The summed E-state index contributed by atoms with van der Waals surface area (Å²) in [5.41, 5.74) is 1.38. The van der Waals surface area contributed by atoms with E-state index < -0.39 is 16.1 Å². The summed E-state index contributed by atoms with van der Waals surface area (Å²) in [6.45, 7) is 4.17. The number of anilines is 2. The molecule has 2 N–H and O–H groups in total. The zero-order chi connectivity index (χ0) is 22.6. The normalized spacial score (nSPS) is 17.9. The van der Waals surface area contributed by atoms with Gasteiger partial charge in [0.15, 0.2) is 5.69 Å². The molecule has 1 amide bonds. The summed E-state index contributed by atoms with van der Waals surface area (Å²) in [5, 5.41) is 2.85. The van der Waals surface area contributed by atoms with Gasteiger partial charge in [-0.25, -0.2) is 9.11 Å². The van der Waals surface area contributed by atoms with Crippen LogP contribution in [0.25, 0.3) is 0 Å². The first-order chi connectivity index (χ1) is 14.7. The van der Waals surface area contributed by atoms with E-state index in [2.05, 4.69) is 10.3 Å². The molecule has 1 aliphatic rings. The lowest BCUT2D eigenvalue weighted by molar-refractivity contribution is 0.00560. The van der Waals surface area contributed by atoms with Crippen LogP contribution in [-0.2, 0) is 19.7 Å². The fraction of sp³-hybridized carbons (Fsp3) is 0.474. The van der Waals surface area contributed by atoms with Crippen LogP contribution in [-0.4, -0.2) is 63.1 Å². The van der Waals surface area contributed by atoms with Crippen LogP contribution in [0.1, 0.15) is 28.0 Å². The largest absolute Gasteiger partial charge is 0.431 e. The van der Waals surface area contributed by atoms with E-state index in [0.717, 1.165) is 10.6 Å². The van der Waals surface area contributed by atoms with E-state index in [1.54, 1.807) is 27.0 Å². The average Bonchev–Trinajstić information content (AvgIpc) is 3.03. The van der Waals surface area contributed by atoms with Gasteiger partial charge in [0, 0.05) is 25.9 Å². The molecule has 1 aromatic heterocycles. The molecule has 2 heterocycles. The number of halogens is 1. The van der Waals surface area contributed by atoms with Crippen LogP contribution in [0.5, 0.6) is 0 Å². The Bertz CT molecular complexity index is 1040. The lowest BCUT2D eigenvalue weighted by atomic mass is 10.1. The van der Waals surface area contributed by atoms with Crippen molar-refractivity contribution < 1.29 is 31.5 Å². The predicted octanol–water partition coefficient (Wildman–Crippen LogP) is 1.89. The molecule has 10 nitrogen and oxygen atoms in total. The molecular formula is C19H25FN4O6S. The number of aromatic nitrogens is 1. The van der Waals surface area contributed by atoms with E-state index in [0.29, 0.717) is 29.8 Å². The fourth-order valence-corrected chi connectivity index (χ4v) is 4.19. The molecule has 0 aliphatic carbocycles. The highest BCUT2D eigenvalue weighted by atomic mass is 32.2. The molecule has 1 aromatic carbocycles. The van der Waals surface area contributed by atoms with E-state index >= 15 is 0 Å². The summed E-state index contributed by atoms with van der Waals surface area (Å²) in [5.74, 6) is -1.27. The van der Waals surface area contributed by atoms with Gasteiger partial charge in [-0.15, -0.1) is 0 Å². The molecule has 0 saturated carbocycles. The Balaban J connectivity index is 1.64. The molecule has 0 bridgehead atoms. The zero-order valence-corrected chi connectivity index (χ0v) is 18.3.